The van der Waals surface area contributed by atoms with Crippen molar-refractivity contribution in [2.75, 3.05) is 42.5 Å². The first-order chi connectivity index (χ1) is 11.8. The molecule has 2 aromatic rings. The summed E-state index contributed by atoms with van der Waals surface area (Å²) in [6, 6.07) is 14.2. The zero-order valence-corrected chi connectivity index (χ0v) is 13.7. The predicted octanol–water partition coefficient (Wildman–Crippen LogP) is 2.32. The Morgan fingerprint density at radius 1 is 1.04 bits per heavy atom. The van der Waals surface area contributed by atoms with Crippen LogP contribution in [0.4, 0.5) is 11.4 Å². The first-order valence-corrected chi connectivity index (χ1v) is 8.18. The van der Waals surface area contributed by atoms with Gasteiger partial charge in [0, 0.05) is 38.4 Å². The van der Waals surface area contributed by atoms with Gasteiger partial charge in [0.25, 0.3) is 5.91 Å². The van der Waals surface area contributed by atoms with Gasteiger partial charge in [-0.1, -0.05) is 24.3 Å². The molecule has 1 amide bonds. The zero-order valence-electron chi connectivity index (χ0n) is 13.7. The van der Waals surface area contributed by atoms with Crippen LogP contribution in [-0.2, 0) is 0 Å². The summed E-state index contributed by atoms with van der Waals surface area (Å²) in [4.78, 5) is 20.8. The molecule has 0 radical (unpaired) electrons. The van der Waals surface area contributed by atoms with E-state index in [-0.39, 0.29) is 5.91 Å². The van der Waals surface area contributed by atoms with Crippen LogP contribution < -0.4 is 15.1 Å². The second-order valence-corrected chi connectivity index (χ2v) is 5.71. The van der Waals surface area contributed by atoms with Crippen LogP contribution in [0, 0.1) is 0 Å². The molecule has 1 aromatic carbocycles. The number of aromatic nitrogens is 1. The highest BCUT2D eigenvalue weighted by Crippen LogP contribution is 2.19. The van der Waals surface area contributed by atoms with Gasteiger partial charge in [-0.3, -0.25) is 4.79 Å². The number of carbonyl (C=O) groups is 1. The lowest BCUT2D eigenvalue weighted by Crippen LogP contribution is -2.46. The Bertz CT molecular complexity index is 676. The molecule has 5 heteroatoms. The lowest BCUT2D eigenvalue weighted by molar-refractivity contribution is 0.0953. The van der Waals surface area contributed by atoms with Gasteiger partial charge in [-0.25, -0.2) is 4.98 Å². The Hall–Kier alpha value is -2.82. The third-order valence-corrected chi connectivity index (χ3v) is 4.15. The van der Waals surface area contributed by atoms with Crippen LogP contribution in [0.15, 0.2) is 61.3 Å². The van der Waals surface area contributed by atoms with Crippen molar-refractivity contribution in [3.63, 3.8) is 0 Å². The van der Waals surface area contributed by atoms with Crippen molar-refractivity contribution < 1.29 is 4.79 Å². The lowest BCUT2D eigenvalue weighted by atomic mass is 10.2. The van der Waals surface area contributed by atoms with Gasteiger partial charge >= 0.3 is 0 Å². The molecule has 0 spiro atoms. The van der Waals surface area contributed by atoms with E-state index in [1.165, 1.54) is 5.69 Å². The summed E-state index contributed by atoms with van der Waals surface area (Å²) in [5.74, 6) is -0.171. The molecule has 1 fully saturated rings. The molecule has 1 N–H and O–H groups in total. The lowest BCUT2D eigenvalue weighted by Gasteiger charge is -2.37. The van der Waals surface area contributed by atoms with Crippen molar-refractivity contribution in [3.05, 3.63) is 67.0 Å². The van der Waals surface area contributed by atoms with Crippen LogP contribution in [0.1, 0.15) is 10.5 Å². The van der Waals surface area contributed by atoms with Gasteiger partial charge in [0.15, 0.2) is 0 Å². The van der Waals surface area contributed by atoms with E-state index in [1.54, 1.807) is 18.3 Å². The zero-order chi connectivity index (χ0) is 16.8. The molecule has 0 aliphatic carbocycles. The number of nitrogens with zero attached hydrogens (tertiary/aromatic N) is 3. The maximum atomic E-state index is 11.8. The van der Waals surface area contributed by atoms with E-state index in [2.05, 4.69) is 50.9 Å². The number of benzene rings is 1. The number of carbonyl (C=O) groups excluding carboxylic acids is 1. The number of amides is 1. The van der Waals surface area contributed by atoms with Crippen LogP contribution in [-0.4, -0.2) is 43.6 Å². The van der Waals surface area contributed by atoms with Gasteiger partial charge in [-0.15, -0.1) is 6.58 Å². The fraction of sp³-hybridized carbons (Fsp3) is 0.263. The third-order valence-electron chi connectivity index (χ3n) is 4.15. The number of hydrogen-bond acceptors (Lipinski definition) is 4. The molecule has 0 saturated carbocycles. The SMILES string of the molecule is C=CCNC(=O)c1ccc(N2CCN(c3ccccc3)CC2)cn1. The molecule has 0 atom stereocenters. The summed E-state index contributed by atoms with van der Waals surface area (Å²) in [6.07, 6.45) is 3.43. The van der Waals surface area contributed by atoms with Crippen molar-refractivity contribution in [3.8, 4) is 0 Å². The molecular weight excluding hydrogens is 300 g/mol. The number of pyridine rings is 1. The smallest absolute Gasteiger partial charge is 0.270 e. The van der Waals surface area contributed by atoms with Gasteiger partial charge in [-0.2, -0.15) is 0 Å². The molecular formula is C19H22N4O. The summed E-state index contributed by atoms with van der Waals surface area (Å²) < 4.78 is 0. The Balaban J connectivity index is 1.58. The van der Waals surface area contributed by atoms with Gasteiger partial charge < -0.3 is 15.1 Å². The van der Waals surface area contributed by atoms with Crippen molar-refractivity contribution in [2.24, 2.45) is 0 Å². The minimum absolute atomic E-state index is 0.171. The van der Waals surface area contributed by atoms with Crippen molar-refractivity contribution >= 4 is 17.3 Å². The maximum absolute atomic E-state index is 11.8. The molecule has 1 aliphatic rings. The van der Waals surface area contributed by atoms with Gasteiger partial charge in [0.05, 0.1) is 11.9 Å². The van der Waals surface area contributed by atoms with Gasteiger partial charge in [-0.05, 0) is 24.3 Å². The molecule has 1 aliphatic heterocycles. The normalized spacial score (nSPS) is 14.3. The van der Waals surface area contributed by atoms with Crippen LogP contribution in [0.25, 0.3) is 0 Å². The molecule has 124 valence electrons. The molecule has 1 aromatic heterocycles. The largest absolute Gasteiger partial charge is 0.368 e. The standard InChI is InChI=1S/C19H22N4O/c1-2-10-20-19(24)18-9-8-17(15-21-18)23-13-11-22(12-14-23)16-6-4-3-5-7-16/h2-9,15H,1,10-14H2,(H,20,24). The Kier molecular flexibility index (Phi) is 5.11. The molecule has 24 heavy (non-hydrogen) atoms. The molecule has 5 nitrogen and oxygen atoms in total. The Labute approximate surface area is 142 Å². The van der Waals surface area contributed by atoms with Crippen molar-refractivity contribution in [1.29, 1.82) is 0 Å². The Morgan fingerprint density at radius 2 is 1.71 bits per heavy atom. The summed E-state index contributed by atoms with van der Waals surface area (Å²) >= 11 is 0. The summed E-state index contributed by atoms with van der Waals surface area (Å²) in [6.45, 7) is 7.87. The topological polar surface area (TPSA) is 48.5 Å². The Morgan fingerprint density at radius 3 is 2.29 bits per heavy atom. The number of nitrogens with one attached hydrogen (secondary N) is 1. The molecule has 1 saturated heterocycles. The molecule has 2 heterocycles. The van der Waals surface area contributed by atoms with Crippen LogP contribution in [0.3, 0.4) is 0 Å². The highest BCUT2D eigenvalue weighted by molar-refractivity contribution is 5.92. The fourth-order valence-corrected chi connectivity index (χ4v) is 2.82. The van der Waals surface area contributed by atoms with E-state index in [1.807, 2.05) is 12.1 Å². The fourth-order valence-electron chi connectivity index (χ4n) is 2.82. The van der Waals surface area contributed by atoms with E-state index < -0.39 is 0 Å². The van der Waals surface area contributed by atoms with Crippen LogP contribution in [0.5, 0.6) is 0 Å². The molecule has 3 rings (SSSR count). The van der Waals surface area contributed by atoms with E-state index in [0.29, 0.717) is 12.2 Å². The second-order valence-electron chi connectivity index (χ2n) is 5.71. The van der Waals surface area contributed by atoms with E-state index in [9.17, 15) is 4.79 Å². The summed E-state index contributed by atoms with van der Waals surface area (Å²) in [5.41, 5.74) is 2.76. The van der Waals surface area contributed by atoms with E-state index in [0.717, 1.165) is 31.9 Å². The number of anilines is 2. The average molecular weight is 322 g/mol. The minimum atomic E-state index is -0.171. The highest BCUT2D eigenvalue weighted by atomic mass is 16.1. The summed E-state index contributed by atoms with van der Waals surface area (Å²) in [7, 11) is 0. The summed E-state index contributed by atoms with van der Waals surface area (Å²) in [5, 5.41) is 2.73. The number of piperazine rings is 1. The number of para-hydroxylation sites is 1. The second kappa shape index (κ2) is 7.64. The van der Waals surface area contributed by atoms with Crippen molar-refractivity contribution in [1.82, 2.24) is 10.3 Å². The van der Waals surface area contributed by atoms with E-state index >= 15 is 0 Å². The van der Waals surface area contributed by atoms with Gasteiger partial charge in [0.1, 0.15) is 5.69 Å². The molecule has 0 bridgehead atoms. The van der Waals surface area contributed by atoms with Gasteiger partial charge in [0.2, 0.25) is 0 Å². The first-order valence-electron chi connectivity index (χ1n) is 8.18. The number of rotatable bonds is 5. The van der Waals surface area contributed by atoms with Crippen LogP contribution >= 0.6 is 0 Å². The number of hydrogen-bond donors (Lipinski definition) is 1. The third kappa shape index (κ3) is 3.74. The monoisotopic (exact) mass is 322 g/mol. The van der Waals surface area contributed by atoms with E-state index in [4.69, 9.17) is 0 Å². The highest BCUT2D eigenvalue weighted by Gasteiger charge is 2.18. The quantitative estimate of drug-likeness (QED) is 0.858. The minimum Gasteiger partial charge on any atom is -0.368 e. The first kappa shape index (κ1) is 16.1. The van der Waals surface area contributed by atoms with Crippen LogP contribution in [0.2, 0.25) is 0 Å². The predicted molar refractivity (Wildman–Crippen MR) is 97.6 cm³/mol. The molecule has 0 unspecified atom stereocenters. The van der Waals surface area contributed by atoms with Crippen molar-refractivity contribution in [2.45, 2.75) is 0 Å². The maximum Gasteiger partial charge on any atom is 0.270 e. The average Bonchev–Trinajstić information content (AvgIpc) is 2.67.